The number of halogens is 1. The largest absolute Gasteiger partial charge is 0.550 e. The summed E-state index contributed by atoms with van der Waals surface area (Å²) in [5.41, 5.74) is 1.71. The molecule has 0 unspecified atom stereocenters. The Morgan fingerprint density at radius 3 is 2.48 bits per heavy atom. The van der Waals surface area contributed by atoms with Crippen molar-refractivity contribution in [1.82, 2.24) is 0 Å². The summed E-state index contributed by atoms with van der Waals surface area (Å²) in [4.78, 5) is 34.7. The van der Waals surface area contributed by atoms with Crippen molar-refractivity contribution in [2.45, 2.75) is 19.8 Å². The van der Waals surface area contributed by atoms with E-state index in [4.69, 9.17) is 4.74 Å². The van der Waals surface area contributed by atoms with Crippen molar-refractivity contribution in [3.8, 4) is 11.1 Å². The Hall–Kier alpha value is -2.19. The monoisotopic (exact) mass is 424 g/mol. The maximum absolute atomic E-state index is 12.4. The highest BCUT2D eigenvalue weighted by molar-refractivity contribution is 9.10. The van der Waals surface area contributed by atoms with Gasteiger partial charge in [0.25, 0.3) is 0 Å². The number of carbonyl (C=O) groups excluding carboxylic acids is 3. The SMILES string of the molecule is CCOC(=O)c1c(-c2ccc(Br)cc2)csc1NC(=O)CCC(=O)[O-]. The van der Waals surface area contributed by atoms with Crippen LogP contribution in [0.2, 0.25) is 0 Å². The van der Waals surface area contributed by atoms with Crippen molar-refractivity contribution >= 4 is 50.1 Å². The lowest BCUT2D eigenvalue weighted by atomic mass is 10.0. The molecule has 132 valence electrons. The van der Waals surface area contributed by atoms with E-state index in [2.05, 4.69) is 21.2 Å². The zero-order chi connectivity index (χ0) is 18.4. The highest BCUT2D eigenvalue weighted by Crippen LogP contribution is 2.36. The second-order valence-corrected chi connectivity index (χ2v) is 6.80. The number of benzene rings is 1. The molecule has 1 aromatic carbocycles. The maximum atomic E-state index is 12.4. The highest BCUT2D eigenvalue weighted by atomic mass is 79.9. The van der Waals surface area contributed by atoms with E-state index in [-0.39, 0.29) is 25.0 Å². The van der Waals surface area contributed by atoms with E-state index in [9.17, 15) is 19.5 Å². The molecule has 0 atom stereocenters. The molecule has 0 saturated carbocycles. The van der Waals surface area contributed by atoms with Gasteiger partial charge in [-0.2, -0.15) is 0 Å². The van der Waals surface area contributed by atoms with Crippen molar-refractivity contribution in [2.24, 2.45) is 0 Å². The van der Waals surface area contributed by atoms with Gasteiger partial charge in [0.15, 0.2) is 0 Å². The topological polar surface area (TPSA) is 95.5 Å². The van der Waals surface area contributed by atoms with E-state index in [1.807, 2.05) is 24.3 Å². The molecule has 2 aromatic rings. The number of aliphatic carboxylic acids is 1. The molecule has 0 spiro atoms. The van der Waals surface area contributed by atoms with E-state index >= 15 is 0 Å². The van der Waals surface area contributed by atoms with Gasteiger partial charge in [0.1, 0.15) is 10.6 Å². The highest BCUT2D eigenvalue weighted by Gasteiger charge is 2.22. The molecule has 8 heteroatoms. The van der Waals surface area contributed by atoms with Gasteiger partial charge in [-0.1, -0.05) is 28.1 Å². The lowest BCUT2D eigenvalue weighted by molar-refractivity contribution is -0.305. The van der Waals surface area contributed by atoms with E-state index in [0.717, 1.165) is 10.0 Å². The molecular weight excluding hydrogens is 410 g/mol. The number of nitrogens with one attached hydrogen (secondary N) is 1. The van der Waals surface area contributed by atoms with Crippen LogP contribution in [0.25, 0.3) is 11.1 Å². The molecule has 1 aromatic heterocycles. The number of hydrogen-bond acceptors (Lipinski definition) is 6. The Morgan fingerprint density at radius 2 is 1.88 bits per heavy atom. The number of carboxylic acid groups (broad SMARTS) is 1. The summed E-state index contributed by atoms with van der Waals surface area (Å²) in [5, 5.41) is 15.1. The molecule has 1 heterocycles. The zero-order valence-electron chi connectivity index (χ0n) is 13.3. The number of hydrogen-bond donors (Lipinski definition) is 1. The first-order valence-corrected chi connectivity index (χ1v) is 9.14. The Labute approximate surface area is 156 Å². The number of thiophene rings is 1. The third-order valence-electron chi connectivity index (χ3n) is 3.23. The van der Waals surface area contributed by atoms with Crippen LogP contribution in [-0.4, -0.2) is 24.5 Å². The van der Waals surface area contributed by atoms with Gasteiger partial charge in [-0.15, -0.1) is 11.3 Å². The molecule has 25 heavy (non-hydrogen) atoms. The summed E-state index contributed by atoms with van der Waals surface area (Å²) in [5.74, 6) is -2.35. The van der Waals surface area contributed by atoms with Crippen LogP contribution >= 0.6 is 27.3 Å². The third kappa shape index (κ3) is 5.14. The van der Waals surface area contributed by atoms with Gasteiger partial charge in [-0.05, 0) is 31.0 Å². The molecule has 0 bridgehead atoms. The van der Waals surface area contributed by atoms with Gasteiger partial charge in [0.2, 0.25) is 5.91 Å². The summed E-state index contributed by atoms with van der Waals surface area (Å²) >= 11 is 4.54. The van der Waals surface area contributed by atoms with Gasteiger partial charge < -0.3 is 20.0 Å². The van der Waals surface area contributed by atoms with Crippen molar-refractivity contribution < 1.29 is 24.2 Å². The lowest BCUT2D eigenvalue weighted by Gasteiger charge is -2.09. The first-order chi connectivity index (χ1) is 11.9. The number of esters is 1. The summed E-state index contributed by atoms with van der Waals surface area (Å²) in [6, 6.07) is 7.38. The number of ether oxygens (including phenoxy) is 1. The first kappa shape index (κ1) is 19.1. The Kier molecular flexibility index (Phi) is 6.72. The zero-order valence-corrected chi connectivity index (χ0v) is 15.7. The third-order valence-corrected chi connectivity index (χ3v) is 4.66. The van der Waals surface area contributed by atoms with Crippen molar-refractivity contribution in [3.05, 3.63) is 39.7 Å². The van der Waals surface area contributed by atoms with E-state index in [1.165, 1.54) is 11.3 Å². The minimum atomic E-state index is -1.30. The number of anilines is 1. The van der Waals surface area contributed by atoms with Crippen LogP contribution in [0.15, 0.2) is 34.1 Å². The Bertz CT molecular complexity index is 785. The minimum Gasteiger partial charge on any atom is -0.550 e. The fourth-order valence-electron chi connectivity index (χ4n) is 2.10. The first-order valence-electron chi connectivity index (χ1n) is 7.46. The fraction of sp³-hybridized carbons (Fsp3) is 0.235. The van der Waals surface area contributed by atoms with Gasteiger partial charge in [-0.25, -0.2) is 4.79 Å². The minimum absolute atomic E-state index is 0.201. The molecule has 0 aliphatic carbocycles. The summed E-state index contributed by atoms with van der Waals surface area (Å²) < 4.78 is 6.00. The molecule has 0 radical (unpaired) electrons. The van der Waals surface area contributed by atoms with Crippen LogP contribution in [0.3, 0.4) is 0 Å². The predicted octanol–water partition coefficient (Wildman–Crippen LogP) is 2.82. The summed E-state index contributed by atoms with van der Waals surface area (Å²) in [6.45, 7) is 1.90. The molecular formula is C17H15BrNO5S-. The number of rotatable bonds is 7. The smallest absolute Gasteiger partial charge is 0.341 e. The fourth-order valence-corrected chi connectivity index (χ4v) is 3.34. The van der Waals surface area contributed by atoms with Crippen LogP contribution in [0, 0.1) is 0 Å². The lowest BCUT2D eigenvalue weighted by Crippen LogP contribution is -2.24. The van der Waals surface area contributed by atoms with Gasteiger partial charge >= 0.3 is 5.97 Å². The van der Waals surface area contributed by atoms with E-state index in [1.54, 1.807) is 12.3 Å². The van der Waals surface area contributed by atoms with Crippen LogP contribution in [0.5, 0.6) is 0 Å². The van der Waals surface area contributed by atoms with Crippen molar-refractivity contribution in [1.29, 1.82) is 0 Å². The van der Waals surface area contributed by atoms with Crippen LogP contribution in [0.1, 0.15) is 30.1 Å². The standard InChI is InChI=1S/C17H16BrNO5S/c1-2-24-17(23)15-12(10-3-5-11(18)6-4-10)9-25-16(15)19-13(20)7-8-14(21)22/h3-6,9H,2,7-8H2,1H3,(H,19,20)(H,21,22)/p-1. The predicted molar refractivity (Wildman–Crippen MR) is 96.3 cm³/mol. The number of amides is 1. The molecule has 0 saturated heterocycles. The molecule has 0 aliphatic heterocycles. The van der Waals surface area contributed by atoms with Crippen LogP contribution in [0.4, 0.5) is 5.00 Å². The van der Waals surface area contributed by atoms with Crippen LogP contribution in [-0.2, 0) is 14.3 Å². The molecule has 0 aliphatic rings. The maximum Gasteiger partial charge on any atom is 0.341 e. The number of carboxylic acids is 1. The van der Waals surface area contributed by atoms with Crippen molar-refractivity contribution in [3.63, 3.8) is 0 Å². The summed E-state index contributed by atoms with van der Waals surface area (Å²) in [7, 11) is 0. The molecule has 1 amide bonds. The second-order valence-electron chi connectivity index (χ2n) is 5.00. The molecule has 2 rings (SSSR count). The van der Waals surface area contributed by atoms with Crippen LogP contribution < -0.4 is 10.4 Å². The summed E-state index contributed by atoms with van der Waals surface area (Å²) in [6.07, 6.45) is -0.609. The Balaban J connectivity index is 2.33. The average Bonchev–Trinajstić information content (AvgIpc) is 2.97. The van der Waals surface area contributed by atoms with E-state index < -0.39 is 17.8 Å². The normalized spacial score (nSPS) is 10.3. The Morgan fingerprint density at radius 1 is 1.20 bits per heavy atom. The quantitative estimate of drug-likeness (QED) is 0.689. The molecule has 0 fully saturated rings. The second kappa shape index (κ2) is 8.77. The van der Waals surface area contributed by atoms with E-state index in [0.29, 0.717) is 10.6 Å². The van der Waals surface area contributed by atoms with Gasteiger partial charge in [0.05, 0.1) is 6.61 Å². The van der Waals surface area contributed by atoms with Gasteiger partial charge in [-0.3, -0.25) is 4.79 Å². The van der Waals surface area contributed by atoms with Crippen molar-refractivity contribution in [2.75, 3.05) is 11.9 Å². The number of carbonyl (C=O) groups is 3. The molecule has 1 N–H and O–H groups in total. The van der Waals surface area contributed by atoms with Gasteiger partial charge in [0, 0.05) is 27.8 Å². The average molecular weight is 425 g/mol. The molecule has 6 nitrogen and oxygen atoms in total.